The summed E-state index contributed by atoms with van der Waals surface area (Å²) in [6.45, 7) is 0. The fourth-order valence-electron chi connectivity index (χ4n) is 3.22. The van der Waals surface area contributed by atoms with Crippen molar-refractivity contribution >= 4 is 10.0 Å². The Bertz CT molecular complexity index is 556. The lowest BCUT2D eigenvalue weighted by molar-refractivity contribution is 0.251. The molecule has 0 aliphatic carbocycles. The van der Waals surface area contributed by atoms with E-state index in [9.17, 15) is 8.42 Å². The first-order valence-corrected chi connectivity index (χ1v) is 8.13. The molecular formula is C12H20N4O2S. The first-order chi connectivity index (χ1) is 8.96. The van der Waals surface area contributed by atoms with Crippen LogP contribution < -0.4 is 5.32 Å². The Kier molecular flexibility index (Phi) is 3.15. The first-order valence-electron chi connectivity index (χ1n) is 6.69. The molecule has 0 aromatic carbocycles. The zero-order valence-electron chi connectivity index (χ0n) is 11.3. The SMILES string of the molecule is CN(C1CC2CCC(C1)N2)S(=O)(=O)c1cnn(C)c1. The molecule has 2 bridgehead atoms. The molecule has 3 rings (SSSR count). The second kappa shape index (κ2) is 4.57. The molecule has 1 aromatic rings. The van der Waals surface area contributed by atoms with Crippen LogP contribution in [0.2, 0.25) is 0 Å². The second-order valence-electron chi connectivity index (χ2n) is 5.63. The summed E-state index contributed by atoms with van der Waals surface area (Å²) in [5.74, 6) is 0. The van der Waals surface area contributed by atoms with Crippen LogP contribution in [-0.2, 0) is 17.1 Å². The van der Waals surface area contributed by atoms with E-state index in [1.165, 1.54) is 28.0 Å². The van der Waals surface area contributed by atoms with Crippen molar-refractivity contribution in [1.29, 1.82) is 0 Å². The van der Waals surface area contributed by atoms with Crippen LogP contribution in [0.3, 0.4) is 0 Å². The molecule has 7 heteroatoms. The van der Waals surface area contributed by atoms with Gasteiger partial charge in [-0.1, -0.05) is 0 Å². The number of nitrogens with one attached hydrogen (secondary N) is 1. The molecule has 0 spiro atoms. The van der Waals surface area contributed by atoms with Crippen molar-refractivity contribution < 1.29 is 8.42 Å². The number of piperidine rings is 1. The quantitative estimate of drug-likeness (QED) is 0.868. The Labute approximate surface area is 113 Å². The number of hydrogen-bond acceptors (Lipinski definition) is 4. The van der Waals surface area contributed by atoms with E-state index in [0.717, 1.165) is 12.8 Å². The van der Waals surface area contributed by atoms with Crippen molar-refractivity contribution in [2.45, 2.75) is 48.7 Å². The van der Waals surface area contributed by atoms with Gasteiger partial charge in [-0.25, -0.2) is 8.42 Å². The van der Waals surface area contributed by atoms with Gasteiger partial charge in [0.25, 0.3) is 0 Å². The number of hydrogen-bond donors (Lipinski definition) is 1. The molecule has 2 unspecified atom stereocenters. The molecule has 1 aromatic heterocycles. The minimum atomic E-state index is -3.41. The predicted molar refractivity (Wildman–Crippen MR) is 71.1 cm³/mol. The monoisotopic (exact) mass is 284 g/mol. The lowest BCUT2D eigenvalue weighted by Crippen LogP contribution is -2.48. The van der Waals surface area contributed by atoms with Crippen LogP contribution in [0.4, 0.5) is 0 Å². The van der Waals surface area contributed by atoms with Gasteiger partial charge in [0.1, 0.15) is 4.90 Å². The maximum atomic E-state index is 12.5. The zero-order valence-corrected chi connectivity index (χ0v) is 12.1. The fourth-order valence-corrected chi connectivity index (χ4v) is 4.58. The Balaban J connectivity index is 1.81. The minimum Gasteiger partial charge on any atom is -0.311 e. The Morgan fingerprint density at radius 2 is 2.00 bits per heavy atom. The van der Waals surface area contributed by atoms with Crippen LogP contribution in [0.15, 0.2) is 17.3 Å². The third kappa shape index (κ3) is 2.30. The van der Waals surface area contributed by atoms with E-state index in [2.05, 4.69) is 10.4 Å². The molecule has 19 heavy (non-hydrogen) atoms. The van der Waals surface area contributed by atoms with Crippen LogP contribution in [-0.4, -0.2) is 47.7 Å². The summed E-state index contributed by atoms with van der Waals surface area (Å²) in [5.41, 5.74) is 0. The second-order valence-corrected chi connectivity index (χ2v) is 7.63. The first kappa shape index (κ1) is 13.1. The number of rotatable bonds is 3. The molecule has 2 saturated heterocycles. The van der Waals surface area contributed by atoms with Crippen molar-refractivity contribution in [1.82, 2.24) is 19.4 Å². The number of aryl methyl sites for hydroxylation is 1. The Hall–Kier alpha value is -0.920. The molecule has 6 nitrogen and oxygen atoms in total. The molecule has 2 atom stereocenters. The van der Waals surface area contributed by atoms with Crippen LogP contribution in [0.5, 0.6) is 0 Å². The highest BCUT2D eigenvalue weighted by molar-refractivity contribution is 7.89. The topological polar surface area (TPSA) is 67.2 Å². The van der Waals surface area contributed by atoms with Crippen LogP contribution in [0.1, 0.15) is 25.7 Å². The maximum absolute atomic E-state index is 12.5. The van der Waals surface area contributed by atoms with E-state index in [1.54, 1.807) is 20.3 Å². The highest BCUT2D eigenvalue weighted by Crippen LogP contribution is 2.31. The molecule has 1 N–H and O–H groups in total. The minimum absolute atomic E-state index is 0.101. The molecule has 0 saturated carbocycles. The van der Waals surface area contributed by atoms with Crippen molar-refractivity contribution in [2.24, 2.45) is 7.05 Å². The van der Waals surface area contributed by atoms with Gasteiger partial charge in [-0.15, -0.1) is 0 Å². The average Bonchev–Trinajstić information content (AvgIpc) is 2.95. The van der Waals surface area contributed by atoms with E-state index in [0.29, 0.717) is 12.1 Å². The normalized spacial score (nSPS) is 31.0. The highest BCUT2D eigenvalue weighted by Gasteiger charge is 2.39. The van der Waals surface area contributed by atoms with Crippen molar-refractivity contribution in [3.05, 3.63) is 12.4 Å². The van der Waals surface area contributed by atoms with Crippen LogP contribution >= 0.6 is 0 Å². The predicted octanol–water partition coefficient (Wildman–Crippen LogP) is 0.324. The number of aromatic nitrogens is 2. The molecule has 0 amide bonds. The molecular weight excluding hydrogens is 264 g/mol. The lowest BCUT2D eigenvalue weighted by Gasteiger charge is -2.34. The van der Waals surface area contributed by atoms with Crippen molar-refractivity contribution in [3.8, 4) is 0 Å². The van der Waals surface area contributed by atoms with Crippen molar-refractivity contribution in [2.75, 3.05) is 7.05 Å². The standard InChI is InChI=1S/C12H20N4O2S/c1-15-8-12(7-13-15)19(17,18)16(2)11-5-9-3-4-10(6-11)14-9/h7-11,14H,3-6H2,1-2H3. The van der Waals surface area contributed by atoms with Gasteiger partial charge in [-0.2, -0.15) is 9.40 Å². The number of sulfonamides is 1. The number of nitrogens with zero attached hydrogens (tertiary/aromatic N) is 3. The van der Waals surface area contributed by atoms with Gasteiger partial charge in [0.15, 0.2) is 0 Å². The van der Waals surface area contributed by atoms with E-state index in [-0.39, 0.29) is 10.9 Å². The Morgan fingerprint density at radius 1 is 1.37 bits per heavy atom. The van der Waals surface area contributed by atoms with Gasteiger partial charge in [0, 0.05) is 38.4 Å². The molecule has 3 heterocycles. The summed E-state index contributed by atoms with van der Waals surface area (Å²) in [6, 6.07) is 1.06. The van der Waals surface area contributed by atoms with E-state index < -0.39 is 10.0 Å². The van der Waals surface area contributed by atoms with E-state index in [1.807, 2.05) is 0 Å². The largest absolute Gasteiger partial charge is 0.311 e. The van der Waals surface area contributed by atoms with Crippen LogP contribution in [0, 0.1) is 0 Å². The average molecular weight is 284 g/mol. The van der Waals surface area contributed by atoms with Gasteiger partial charge >= 0.3 is 0 Å². The molecule has 2 fully saturated rings. The van der Waals surface area contributed by atoms with Gasteiger partial charge in [-0.05, 0) is 25.7 Å². The molecule has 0 radical (unpaired) electrons. The van der Waals surface area contributed by atoms with Gasteiger partial charge in [-0.3, -0.25) is 4.68 Å². The van der Waals surface area contributed by atoms with Gasteiger partial charge in [0.05, 0.1) is 6.20 Å². The summed E-state index contributed by atoms with van der Waals surface area (Å²) in [4.78, 5) is 0.281. The zero-order chi connectivity index (χ0) is 13.6. The molecule has 2 aliphatic heterocycles. The summed E-state index contributed by atoms with van der Waals surface area (Å²) < 4.78 is 28.1. The summed E-state index contributed by atoms with van der Waals surface area (Å²) in [6.07, 6.45) is 7.13. The van der Waals surface area contributed by atoms with E-state index in [4.69, 9.17) is 0 Å². The number of fused-ring (bicyclic) bond motifs is 2. The van der Waals surface area contributed by atoms with Crippen LogP contribution in [0.25, 0.3) is 0 Å². The lowest BCUT2D eigenvalue weighted by atomic mass is 10.0. The highest BCUT2D eigenvalue weighted by atomic mass is 32.2. The third-order valence-corrected chi connectivity index (χ3v) is 6.18. The van der Waals surface area contributed by atoms with Crippen molar-refractivity contribution in [3.63, 3.8) is 0 Å². The molecule has 106 valence electrons. The maximum Gasteiger partial charge on any atom is 0.246 e. The van der Waals surface area contributed by atoms with E-state index >= 15 is 0 Å². The molecule has 2 aliphatic rings. The van der Waals surface area contributed by atoms with Gasteiger partial charge in [0.2, 0.25) is 10.0 Å². The Morgan fingerprint density at radius 3 is 2.53 bits per heavy atom. The third-order valence-electron chi connectivity index (χ3n) is 4.32. The summed E-state index contributed by atoms with van der Waals surface area (Å²) in [5, 5.41) is 7.48. The van der Waals surface area contributed by atoms with Gasteiger partial charge < -0.3 is 5.32 Å². The summed E-state index contributed by atoms with van der Waals surface area (Å²) in [7, 11) is 0.00356. The smallest absolute Gasteiger partial charge is 0.246 e. The fraction of sp³-hybridized carbons (Fsp3) is 0.750. The summed E-state index contributed by atoms with van der Waals surface area (Å²) >= 11 is 0.